The summed E-state index contributed by atoms with van der Waals surface area (Å²) in [5.74, 6) is 0.430. The Labute approximate surface area is 131 Å². The molecule has 0 bridgehead atoms. The fourth-order valence-corrected chi connectivity index (χ4v) is 3.72. The quantitative estimate of drug-likeness (QED) is 0.904. The minimum absolute atomic E-state index is 0.281. The Bertz CT molecular complexity index is 619. The first-order valence-electron chi connectivity index (χ1n) is 7.63. The normalized spacial score (nSPS) is 18.5. The lowest BCUT2D eigenvalue weighted by molar-refractivity contribution is 0.447. The van der Waals surface area contributed by atoms with E-state index in [9.17, 15) is 0 Å². The van der Waals surface area contributed by atoms with Crippen LogP contribution < -0.4 is 5.32 Å². The highest BCUT2D eigenvalue weighted by molar-refractivity contribution is 6.30. The Balaban J connectivity index is 1.99. The molecule has 3 rings (SSSR count). The Morgan fingerprint density at radius 1 is 1.38 bits per heavy atom. The number of likely N-dealkylation sites (N-methyl/N-ethyl adjacent to an activating group) is 1. The van der Waals surface area contributed by atoms with E-state index in [0.717, 1.165) is 24.4 Å². The number of halogens is 1. The molecule has 0 spiro atoms. The molecule has 2 atom stereocenters. The number of benzene rings is 1. The molecule has 1 N–H and O–H groups in total. The molecule has 0 amide bonds. The molecule has 1 aromatic heterocycles. The van der Waals surface area contributed by atoms with Crippen LogP contribution in [0, 0.1) is 6.92 Å². The maximum atomic E-state index is 6.26. The summed E-state index contributed by atoms with van der Waals surface area (Å²) in [6.07, 6.45) is 4.17. The van der Waals surface area contributed by atoms with Crippen molar-refractivity contribution in [1.29, 1.82) is 0 Å². The Morgan fingerprint density at radius 3 is 3.00 bits per heavy atom. The Kier molecular flexibility index (Phi) is 4.27. The van der Waals surface area contributed by atoms with Gasteiger partial charge in [-0.3, -0.25) is 4.98 Å². The fourth-order valence-electron chi connectivity index (χ4n) is 3.42. The first-order chi connectivity index (χ1) is 10.2. The van der Waals surface area contributed by atoms with Crippen molar-refractivity contribution in [2.75, 3.05) is 6.54 Å². The topological polar surface area (TPSA) is 24.9 Å². The van der Waals surface area contributed by atoms with Crippen LogP contribution >= 0.6 is 11.6 Å². The summed E-state index contributed by atoms with van der Waals surface area (Å²) >= 11 is 6.26. The van der Waals surface area contributed by atoms with Crippen LogP contribution in [0.5, 0.6) is 0 Å². The number of fused-ring (bicyclic) bond motifs is 1. The van der Waals surface area contributed by atoms with Crippen LogP contribution in [0.4, 0.5) is 0 Å². The summed E-state index contributed by atoms with van der Waals surface area (Å²) in [4.78, 5) is 4.64. The number of nitrogens with one attached hydrogen (secondary N) is 1. The predicted molar refractivity (Wildman–Crippen MR) is 87.9 cm³/mol. The van der Waals surface area contributed by atoms with Gasteiger partial charge in [-0.15, -0.1) is 0 Å². The molecule has 0 radical (unpaired) electrons. The third-order valence-corrected chi connectivity index (χ3v) is 4.47. The number of hydrogen-bond donors (Lipinski definition) is 1. The van der Waals surface area contributed by atoms with Crippen LogP contribution in [0.3, 0.4) is 0 Å². The van der Waals surface area contributed by atoms with Crippen molar-refractivity contribution < 1.29 is 0 Å². The monoisotopic (exact) mass is 300 g/mol. The lowest BCUT2D eigenvalue weighted by Crippen LogP contribution is -2.26. The summed E-state index contributed by atoms with van der Waals surface area (Å²) in [6, 6.07) is 10.8. The van der Waals surface area contributed by atoms with Crippen LogP contribution in [0.2, 0.25) is 5.02 Å². The smallest absolute Gasteiger partial charge is 0.0485 e. The van der Waals surface area contributed by atoms with Crippen molar-refractivity contribution in [1.82, 2.24) is 10.3 Å². The van der Waals surface area contributed by atoms with Gasteiger partial charge in [-0.25, -0.2) is 0 Å². The molecule has 0 fully saturated rings. The van der Waals surface area contributed by atoms with E-state index in [4.69, 9.17) is 11.6 Å². The van der Waals surface area contributed by atoms with E-state index < -0.39 is 0 Å². The Morgan fingerprint density at radius 2 is 2.24 bits per heavy atom. The largest absolute Gasteiger partial charge is 0.310 e. The summed E-state index contributed by atoms with van der Waals surface area (Å²) in [5, 5.41) is 4.45. The van der Waals surface area contributed by atoms with Crippen molar-refractivity contribution in [3.63, 3.8) is 0 Å². The van der Waals surface area contributed by atoms with Gasteiger partial charge in [0.25, 0.3) is 0 Å². The molecule has 0 aliphatic heterocycles. The highest BCUT2D eigenvalue weighted by Gasteiger charge is 2.31. The van der Waals surface area contributed by atoms with Crippen LogP contribution in [0.1, 0.15) is 47.7 Å². The molecule has 1 aromatic carbocycles. The lowest BCUT2D eigenvalue weighted by atomic mass is 9.90. The maximum Gasteiger partial charge on any atom is 0.0485 e. The van der Waals surface area contributed by atoms with Gasteiger partial charge in [0.2, 0.25) is 0 Å². The summed E-state index contributed by atoms with van der Waals surface area (Å²) < 4.78 is 0. The minimum atomic E-state index is 0.281. The highest BCUT2D eigenvalue weighted by atomic mass is 35.5. The van der Waals surface area contributed by atoms with Crippen molar-refractivity contribution >= 4 is 11.6 Å². The molecule has 2 nitrogen and oxygen atoms in total. The average Bonchev–Trinajstić information content (AvgIpc) is 2.87. The predicted octanol–water partition coefficient (Wildman–Crippen LogP) is 4.42. The van der Waals surface area contributed by atoms with Gasteiger partial charge in [0.15, 0.2) is 0 Å². The van der Waals surface area contributed by atoms with Gasteiger partial charge in [-0.1, -0.05) is 30.7 Å². The van der Waals surface area contributed by atoms with Gasteiger partial charge in [0.05, 0.1) is 0 Å². The van der Waals surface area contributed by atoms with E-state index in [2.05, 4.69) is 42.3 Å². The summed E-state index contributed by atoms with van der Waals surface area (Å²) in [7, 11) is 0. The van der Waals surface area contributed by atoms with Crippen LogP contribution in [-0.4, -0.2) is 11.5 Å². The first kappa shape index (κ1) is 14.6. The van der Waals surface area contributed by atoms with Gasteiger partial charge in [0.1, 0.15) is 0 Å². The maximum absolute atomic E-state index is 6.26. The fraction of sp³-hybridized carbons (Fsp3) is 0.389. The molecule has 2 unspecified atom stereocenters. The van der Waals surface area contributed by atoms with Gasteiger partial charge in [-0.05, 0) is 61.2 Å². The number of aromatic nitrogens is 1. The number of pyridine rings is 1. The van der Waals surface area contributed by atoms with Crippen LogP contribution in [0.15, 0.2) is 36.5 Å². The number of rotatable bonds is 4. The van der Waals surface area contributed by atoms with Gasteiger partial charge < -0.3 is 5.32 Å². The van der Waals surface area contributed by atoms with Crippen LogP contribution in [0.25, 0.3) is 0 Å². The van der Waals surface area contributed by atoms with E-state index >= 15 is 0 Å². The van der Waals surface area contributed by atoms with Crippen molar-refractivity contribution in [2.24, 2.45) is 0 Å². The van der Waals surface area contributed by atoms with E-state index in [-0.39, 0.29) is 6.04 Å². The zero-order chi connectivity index (χ0) is 14.8. The molecular weight excluding hydrogens is 280 g/mol. The lowest BCUT2D eigenvalue weighted by Gasteiger charge is -2.25. The number of nitrogens with zero attached hydrogens (tertiary/aromatic N) is 1. The molecule has 0 saturated carbocycles. The van der Waals surface area contributed by atoms with E-state index in [1.165, 1.54) is 22.4 Å². The number of hydrogen-bond acceptors (Lipinski definition) is 2. The van der Waals surface area contributed by atoms with Crippen LogP contribution in [-0.2, 0) is 6.42 Å². The third kappa shape index (κ3) is 2.97. The summed E-state index contributed by atoms with van der Waals surface area (Å²) in [5.41, 5.74) is 5.12. The minimum Gasteiger partial charge on any atom is -0.310 e. The van der Waals surface area contributed by atoms with Gasteiger partial charge >= 0.3 is 0 Å². The highest BCUT2D eigenvalue weighted by Crippen LogP contribution is 2.41. The van der Waals surface area contributed by atoms with E-state index in [0.29, 0.717) is 5.92 Å². The average molecular weight is 301 g/mol. The zero-order valence-electron chi connectivity index (χ0n) is 12.6. The second-order valence-corrected chi connectivity index (χ2v) is 6.23. The number of aryl methyl sites for hydroxylation is 2. The van der Waals surface area contributed by atoms with Crippen molar-refractivity contribution in [3.8, 4) is 0 Å². The standard InChI is InChI=1S/C18H21ClN2/c1-3-20-18(14-9-12(2)10-15(19)11-14)16-7-6-13-5-4-8-21-17(13)16/h4-5,8-11,16,18,20H,3,6-7H2,1-2H3. The molecule has 1 aliphatic rings. The molecule has 1 heterocycles. The molecule has 1 aliphatic carbocycles. The first-order valence-corrected chi connectivity index (χ1v) is 8.01. The molecular formula is C18H21ClN2. The SMILES string of the molecule is CCNC(c1cc(C)cc(Cl)c1)C1CCc2cccnc21. The second kappa shape index (κ2) is 6.17. The zero-order valence-corrected chi connectivity index (χ0v) is 13.3. The molecule has 110 valence electrons. The molecule has 21 heavy (non-hydrogen) atoms. The molecule has 3 heteroatoms. The van der Waals surface area contributed by atoms with Gasteiger partial charge in [-0.2, -0.15) is 0 Å². The van der Waals surface area contributed by atoms with Crippen molar-refractivity contribution in [2.45, 2.75) is 38.6 Å². The summed E-state index contributed by atoms with van der Waals surface area (Å²) in [6.45, 7) is 5.19. The molecule has 2 aromatic rings. The second-order valence-electron chi connectivity index (χ2n) is 5.79. The third-order valence-electron chi connectivity index (χ3n) is 4.25. The van der Waals surface area contributed by atoms with E-state index in [1.807, 2.05) is 18.3 Å². The van der Waals surface area contributed by atoms with Crippen molar-refractivity contribution in [3.05, 3.63) is 63.9 Å². The van der Waals surface area contributed by atoms with E-state index in [1.54, 1.807) is 0 Å². The van der Waals surface area contributed by atoms with Gasteiger partial charge in [0, 0.05) is 28.9 Å². The molecule has 0 saturated heterocycles. The Hall–Kier alpha value is -1.38.